The number of Topliss-reactive ketones (excluding diaryl/α,β-unsaturated/α-hetero) is 1. The molecule has 0 saturated carbocycles. The molecule has 5 heteroatoms. The molecule has 1 aromatic carbocycles. The van der Waals surface area contributed by atoms with E-state index in [-0.39, 0.29) is 30.6 Å². The second kappa shape index (κ2) is 9.53. The summed E-state index contributed by atoms with van der Waals surface area (Å²) in [5.74, 6) is 0.335. The smallest absolute Gasteiger partial charge is 0.220 e. The van der Waals surface area contributed by atoms with Crippen LogP contribution in [0.15, 0.2) is 36.4 Å². The maximum atomic E-state index is 12.3. The minimum Gasteiger partial charge on any atom is -0.380 e. The maximum Gasteiger partial charge on any atom is 0.220 e. The Morgan fingerprint density at radius 2 is 1.77 bits per heavy atom. The zero-order valence-corrected chi connectivity index (χ0v) is 16.8. The number of para-hydroxylation sites is 1. The molecule has 0 fully saturated rings. The molecule has 0 radical (unpaired) electrons. The molecule has 2 aromatic rings. The summed E-state index contributed by atoms with van der Waals surface area (Å²) in [5.41, 5.74) is 1.80. The number of ketones is 1. The first-order valence-electron chi connectivity index (χ1n) is 9.05. The Hall–Kier alpha value is -2.14. The lowest BCUT2D eigenvalue weighted by Crippen LogP contribution is -2.39. The van der Waals surface area contributed by atoms with Crippen molar-refractivity contribution in [3.8, 4) is 0 Å². The van der Waals surface area contributed by atoms with Crippen molar-refractivity contribution in [2.75, 3.05) is 11.9 Å². The Morgan fingerprint density at radius 3 is 2.35 bits per heavy atom. The third-order valence-electron chi connectivity index (χ3n) is 4.37. The van der Waals surface area contributed by atoms with Crippen LogP contribution in [-0.2, 0) is 4.79 Å². The summed E-state index contributed by atoms with van der Waals surface area (Å²) in [6.07, 6.45) is 0.477. The summed E-state index contributed by atoms with van der Waals surface area (Å²) in [4.78, 5) is 26.6. The fourth-order valence-electron chi connectivity index (χ4n) is 2.78. The first kappa shape index (κ1) is 20.2. The lowest BCUT2D eigenvalue weighted by molar-refractivity contribution is -0.121. The number of rotatable bonds is 9. The minimum absolute atomic E-state index is 0.0461. The quantitative estimate of drug-likeness (QED) is 0.634. The van der Waals surface area contributed by atoms with Crippen LogP contribution in [0.4, 0.5) is 5.69 Å². The molecule has 1 amide bonds. The van der Waals surface area contributed by atoms with Gasteiger partial charge in [-0.05, 0) is 38.0 Å². The monoisotopic (exact) mass is 372 g/mol. The van der Waals surface area contributed by atoms with E-state index < -0.39 is 0 Å². The molecule has 0 bridgehead atoms. The Kier molecular flexibility index (Phi) is 7.39. The van der Waals surface area contributed by atoms with E-state index in [2.05, 4.69) is 24.5 Å². The standard InChI is InChI=1S/C21H28N2O2S/c1-14(2)19(23-17-8-6-5-7-9-17)13-22-21(25)11-10-20(24)18-12-15(3)26-16(18)4/h5-9,12,14,19,23H,10-11,13H2,1-4H3,(H,22,25). The normalized spacial score (nSPS) is 12.0. The molecule has 1 unspecified atom stereocenters. The average Bonchev–Trinajstić information content (AvgIpc) is 2.95. The molecule has 2 N–H and O–H groups in total. The van der Waals surface area contributed by atoms with Gasteiger partial charge in [-0.25, -0.2) is 0 Å². The third kappa shape index (κ3) is 5.99. The van der Waals surface area contributed by atoms with Gasteiger partial charge >= 0.3 is 0 Å². The predicted molar refractivity (Wildman–Crippen MR) is 109 cm³/mol. The van der Waals surface area contributed by atoms with Gasteiger partial charge in [-0.1, -0.05) is 32.0 Å². The van der Waals surface area contributed by atoms with E-state index in [1.54, 1.807) is 11.3 Å². The van der Waals surface area contributed by atoms with E-state index in [4.69, 9.17) is 0 Å². The minimum atomic E-state index is -0.0801. The van der Waals surface area contributed by atoms with Crippen LogP contribution in [0.3, 0.4) is 0 Å². The molecule has 1 atom stereocenters. The summed E-state index contributed by atoms with van der Waals surface area (Å²) in [7, 11) is 0. The number of carbonyl (C=O) groups excluding carboxylic acids is 2. The average molecular weight is 373 g/mol. The van der Waals surface area contributed by atoms with E-state index in [0.29, 0.717) is 12.5 Å². The fraction of sp³-hybridized carbons (Fsp3) is 0.429. The van der Waals surface area contributed by atoms with Crippen molar-refractivity contribution in [1.82, 2.24) is 5.32 Å². The van der Waals surface area contributed by atoms with Gasteiger partial charge in [0.05, 0.1) is 0 Å². The Labute approximate surface area is 160 Å². The molecular formula is C21H28N2O2S. The van der Waals surface area contributed by atoms with Gasteiger partial charge < -0.3 is 10.6 Å². The Balaban J connectivity index is 1.80. The van der Waals surface area contributed by atoms with Crippen LogP contribution < -0.4 is 10.6 Å². The number of thiophene rings is 1. The zero-order valence-electron chi connectivity index (χ0n) is 16.0. The van der Waals surface area contributed by atoms with Crippen molar-refractivity contribution >= 4 is 28.7 Å². The second-order valence-corrected chi connectivity index (χ2v) is 8.38. The molecule has 0 aliphatic carbocycles. The molecule has 0 aliphatic rings. The van der Waals surface area contributed by atoms with Gasteiger partial charge in [0.2, 0.25) is 5.91 Å². The van der Waals surface area contributed by atoms with Crippen LogP contribution in [0.2, 0.25) is 0 Å². The van der Waals surface area contributed by atoms with E-state index in [9.17, 15) is 9.59 Å². The number of anilines is 1. The van der Waals surface area contributed by atoms with E-state index in [0.717, 1.165) is 21.0 Å². The lowest BCUT2D eigenvalue weighted by atomic mass is 10.0. The van der Waals surface area contributed by atoms with Gasteiger partial charge in [0.25, 0.3) is 0 Å². The predicted octanol–water partition coefficient (Wildman–Crippen LogP) is 4.58. The van der Waals surface area contributed by atoms with Crippen LogP contribution >= 0.6 is 11.3 Å². The van der Waals surface area contributed by atoms with Gasteiger partial charge in [0, 0.05) is 46.4 Å². The highest BCUT2D eigenvalue weighted by atomic mass is 32.1. The number of aryl methyl sites for hydroxylation is 2. The van der Waals surface area contributed by atoms with Crippen molar-refractivity contribution in [3.63, 3.8) is 0 Å². The van der Waals surface area contributed by atoms with Crippen molar-refractivity contribution in [1.29, 1.82) is 0 Å². The van der Waals surface area contributed by atoms with E-state index >= 15 is 0 Å². The molecule has 0 saturated heterocycles. The summed E-state index contributed by atoms with van der Waals surface area (Å²) >= 11 is 1.62. The maximum absolute atomic E-state index is 12.3. The lowest BCUT2D eigenvalue weighted by Gasteiger charge is -2.24. The highest BCUT2D eigenvalue weighted by molar-refractivity contribution is 7.12. The van der Waals surface area contributed by atoms with Gasteiger partial charge in [0.1, 0.15) is 0 Å². The fourth-order valence-corrected chi connectivity index (χ4v) is 3.73. The summed E-state index contributed by atoms with van der Waals surface area (Å²) in [6, 6.07) is 12.0. The van der Waals surface area contributed by atoms with Gasteiger partial charge in [-0.3, -0.25) is 9.59 Å². The summed E-state index contributed by atoms with van der Waals surface area (Å²) < 4.78 is 0. The zero-order chi connectivity index (χ0) is 19.1. The van der Waals surface area contributed by atoms with Crippen LogP contribution in [-0.4, -0.2) is 24.3 Å². The van der Waals surface area contributed by atoms with Gasteiger partial charge in [0.15, 0.2) is 5.78 Å². The largest absolute Gasteiger partial charge is 0.380 e. The third-order valence-corrected chi connectivity index (χ3v) is 5.34. The highest BCUT2D eigenvalue weighted by Gasteiger charge is 2.16. The highest BCUT2D eigenvalue weighted by Crippen LogP contribution is 2.22. The van der Waals surface area contributed by atoms with Crippen LogP contribution in [0.1, 0.15) is 46.8 Å². The first-order chi connectivity index (χ1) is 12.4. The Morgan fingerprint density at radius 1 is 1.08 bits per heavy atom. The molecule has 1 heterocycles. The van der Waals surface area contributed by atoms with Crippen LogP contribution in [0.5, 0.6) is 0 Å². The molecule has 1 aromatic heterocycles. The summed E-state index contributed by atoms with van der Waals surface area (Å²) in [6.45, 7) is 8.73. The number of hydrogen-bond donors (Lipinski definition) is 2. The second-order valence-electron chi connectivity index (χ2n) is 6.92. The molecule has 2 rings (SSSR count). The topological polar surface area (TPSA) is 58.2 Å². The van der Waals surface area contributed by atoms with Crippen LogP contribution in [0.25, 0.3) is 0 Å². The number of carbonyl (C=O) groups is 2. The molecular weight excluding hydrogens is 344 g/mol. The number of benzene rings is 1. The molecule has 0 aliphatic heterocycles. The van der Waals surface area contributed by atoms with Crippen molar-refractivity contribution in [2.24, 2.45) is 5.92 Å². The number of nitrogens with one attached hydrogen (secondary N) is 2. The number of amides is 1. The Bertz CT molecular complexity index is 738. The number of hydrogen-bond acceptors (Lipinski definition) is 4. The van der Waals surface area contributed by atoms with Crippen molar-refractivity contribution in [2.45, 2.75) is 46.6 Å². The molecule has 0 spiro atoms. The SMILES string of the molecule is Cc1cc(C(=O)CCC(=O)NCC(Nc2ccccc2)C(C)C)c(C)s1. The van der Waals surface area contributed by atoms with Crippen molar-refractivity contribution in [3.05, 3.63) is 51.7 Å². The van der Waals surface area contributed by atoms with Crippen molar-refractivity contribution < 1.29 is 9.59 Å². The first-order valence-corrected chi connectivity index (χ1v) is 9.87. The van der Waals surface area contributed by atoms with E-state index in [1.165, 1.54) is 0 Å². The summed E-state index contributed by atoms with van der Waals surface area (Å²) in [5, 5.41) is 6.41. The van der Waals surface area contributed by atoms with Crippen LogP contribution in [0, 0.1) is 19.8 Å². The molecule has 4 nitrogen and oxygen atoms in total. The van der Waals surface area contributed by atoms with E-state index in [1.807, 2.05) is 50.2 Å². The molecule has 26 heavy (non-hydrogen) atoms. The van der Waals surface area contributed by atoms with Gasteiger partial charge in [-0.15, -0.1) is 11.3 Å². The van der Waals surface area contributed by atoms with Gasteiger partial charge in [-0.2, -0.15) is 0 Å². The molecule has 140 valence electrons.